The molecule has 2 N–H and O–H groups in total. The van der Waals surface area contributed by atoms with Gasteiger partial charge in [0.25, 0.3) is 0 Å². The Labute approximate surface area is 347 Å². The molecule has 0 spiro atoms. The minimum atomic E-state index is -1.06. The number of hydrogen-bond acceptors (Lipinski definition) is 6. The Balaban J connectivity index is 0.947. The van der Waals surface area contributed by atoms with Gasteiger partial charge in [-0.1, -0.05) is 72.3 Å². The summed E-state index contributed by atoms with van der Waals surface area (Å²) in [7, 11) is 0. The second-order valence-corrected chi connectivity index (χ2v) is 16.5. The largest absolute Gasteiger partial charge is 0.489 e. The van der Waals surface area contributed by atoms with Gasteiger partial charge < -0.3 is 29.2 Å². The Morgan fingerprint density at radius 2 is 0.933 bits per heavy atom. The second-order valence-electron chi connectivity index (χ2n) is 16.5. The molecular weight excluding hydrogens is 753 g/mol. The van der Waals surface area contributed by atoms with Crippen LogP contribution in [0.5, 0.6) is 23.0 Å². The maximum absolute atomic E-state index is 12.8. The summed E-state index contributed by atoms with van der Waals surface area (Å²) in [6.45, 7) is 5.14. The van der Waals surface area contributed by atoms with Gasteiger partial charge in [0.2, 0.25) is 0 Å². The summed E-state index contributed by atoms with van der Waals surface area (Å²) in [6.07, 6.45) is 2.35. The Hall–Kier alpha value is -7.06. The lowest BCUT2D eigenvalue weighted by atomic mass is 9.61. The third-order valence-electron chi connectivity index (χ3n) is 13.1. The van der Waals surface area contributed by atoms with Gasteiger partial charge in [-0.3, -0.25) is 0 Å². The van der Waals surface area contributed by atoms with Gasteiger partial charge in [-0.2, -0.15) is 0 Å². The molecule has 20 bridgehead atoms. The van der Waals surface area contributed by atoms with Gasteiger partial charge in [-0.05, 0) is 135 Å². The summed E-state index contributed by atoms with van der Waals surface area (Å²) in [4.78, 5) is 25.3. The molecule has 296 valence electrons. The molecule has 8 nitrogen and oxygen atoms in total. The molecule has 6 aromatic carbocycles. The quantitative estimate of drug-likeness (QED) is 0.167. The third-order valence-corrected chi connectivity index (χ3v) is 13.1. The lowest BCUT2D eigenvalue weighted by molar-refractivity contribution is -0.133. The number of aliphatic carboxylic acids is 1. The van der Waals surface area contributed by atoms with E-state index in [0.29, 0.717) is 35.8 Å². The molecule has 2 unspecified atom stereocenters. The number of rotatable bonds is 2. The molecule has 6 aliphatic carbocycles. The molecule has 0 aromatic heterocycles. The molecule has 6 aromatic rings. The predicted molar refractivity (Wildman–Crippen MR) is 224 cm³/mol. The van der Waals surface area contributed by atoms with Crippen molar-refractivity contribution < 1.29 is 38.7 Å². The number of carbonyl (C=O) groups is 2. The monoisotopic (exact) mass is 792 g/mol. The first-order valence-corrected chi connectivity index (χ1v) is 20.3. The molecule has 28 rings (SSSR count). The lowest BCUT2D eigenvalue weighted by Crippen LogP contribution is -2.30. The van der Waals surface area contributed by atoms with Crippen molar-refractivity contribution in [2.45, 2.75) is 63.9 Å². The first-order valence-electron chi connectivity index (χ1n) is 20.3. The van der Waals surface area contributed by atoms with E-state index < -0.39 is 17.9 Å². The molecule has 16 heterocycles. The Morgan fingerprint density at radius 1 is 0.467 bits per heavy atom. The number of hydrogen-bond donors (Lipinski definition) is 2. The average Bonchev–Trinajstić information content (AvgIpc) is 3.26. The average molecular weight is 793 g/mol. The standard InChI is InChI=1S/C52H40O8/c1-27-17-42-37-13-9-34-20-44(37)47(27)38-14-10-33(19-43(38)42)59-25-31-7-8-32(41(18-31)51(53)54)26-60-36-11-15-39-46(22-36)50-40-16-12-35(21-45(40)48(39)28(2)49(50)52(55)56)58-24-30-5-3-29(4-6-30)23-57-34/h3-22,42,47-48,50H,23-26H2,1-2H3,(H,53,54)(H,55,56)/t42-,47?,48-,50?/m0/s1. The van der Waals surface area contributed by atoms with Gasteiger partial charge in [0, 0.05) is 34.8 Å². The molecular formula is C52H40O8. The second kappa shape index (κ2) is 13.8. The third kappa shape index (κ3) is 5.80. The van der Waals surface area contributed by atoms with Gasteiger partial charge in [-0.15, -0.1) is 0 Å². The Bertz CT molecular complexity index is 2880. The van der Waals surface area contributed by atoms with E-state index in [1.807, 2.05) is 55.5 Å². The van der Waals surface area contributed by atoms with Crippen LogP contribution in [0, 0.1) is 0 Å². The van der Waals surface area contributed by atoms with E-state index in [4.69, 9.17) is 18.9 Å². The molecule has 22 aliphatic rings. The summed E-state index contributed by atoms with van der Waals surface area (Å²) in [5, 5.41) is 20.7. The van der Waals surface area contributed by atoms with Crippen LogP contribution in [0.3, 0.4) is 0 Å². The van der Waals surface area contributed by atoms with Crippen LogP contribution in [0.2, 0.25) is 0 Å². The van der Waals surface area contributed by atoms with Gasteiger partial charge in [0.1, 0.15) is 49.4 Å². The minimum Gasteiger partial charge on any atom is -0.489 e. The summed E-state index contributed by atoms with van der Waals surface area (Å²) in [5.41, 5.74) is 14.9. The highest BCUT2D eigenvalue weighted by Crippen LogP contribution is 2.57. The van der Waals surface area contributed by atoms with Crippen molar-refractivity contribution in [2.24, 2.45) is 0 Å². The van der Waals surface area contributed by atoms with Gasteiger partial charge in [0.15, 0.2) is 0 Å². The van der Waals surface area contributed by atoms with Crippen LogP contribution in [0.4, 0.5) is 0 Å². The molecule has 0 saturated heterocycles. The molecule has 60 heavy (non-hydrogen) atoms. The molecule has 8 heteroatoms. The number of carboxylic acids is 2. The summed E-state index contributed by atoms with van der Waals surface area (Å²) < 4.78 is 25.3. The van der Waals surface area contributed by atoms with Crippen LogP contribution in [0.15, 0.2) is 138 Å². The van der Waals surface area contributed by atoms with E-state index in [1.54, 1.807) is 12.1 Å². The smallest absolute Gasteiger partial charge is 0.336 e. The fraction of sp³-hybridized carbons (Fsp3) is 0.192. The van der Waals surface area contributed by atoms with E-state index in [0.717, 1.165) is 56.0 Å². The van der Waals surface area contributed by atoms with Gasteiger partial charge in [0.05, 0.1) is 5.56 Å². The van der Waals surface area contributed by atoms with Crippen LogP contribution < -0.4 is 18.9 Å². The van der Waals surface area contributed by atoms with E-state index in [2.05, 4.69) is 67.6 Å². The first-order chi connectivity index (χ1) is 29.2. The normalized spacial score (nSPS) is 20.4. The van der Waals surface area contributed by atoms with E-state index in [-0.39, 0.29) is 36.5 Å². The molecule has 0 saturated carbocycles. The lowest BCUT2D eigenvalue weighted by Gasteiger charge is -2.41. The highest BCUT2D eigenvalue weighted by atomic mass is 16.5. The van der Waals surface area contributed by atoms with E-state index >= 15 is 0 Å². The number of ether oxygens (including phenoxy) is 4. The molecule has 0 radical (unpaired) electrons. The van der Waals surface area contributed by atoms with E-state index in [1.165, 1.54) is 27.8 Å². The van der Waals surface area contributed by atoms with Crippen molar-refractivity contribution >= 4 is 11.9 Å². The van der Waals surface area contributed by atoms with Crippen molar-refractivity contribution in [3.05, 3.63) is 210 Å². The molecule has 16 aliphatic heterocycles. The van der Waals surface area contributed by atoms with Crippen molar-refractivity contribution in [3.63, 3.8) is 0 Å². The summed E-state index contributed by atoms with van der Waals surface area (Å²) in [5.74, 6) is 0.278. The summed E-state index contributed by atoms with van der Waals surface area (Å²) >= 11 is 0. The first kappa shape index (κ1) is 36.1. The highest BCUT2D eigenvalue weighted by Gasteiger charge is 2.44. The number of allylic oxidation sites excluding steroid dienone is 3. The number of aromatic carboxylic acids is 1. The SMILES string of the molecule is CC1=C[C@H]2c3ccc4cc3C1c1ccc(cc12)OCc1ccc(c(C(=O)O)c1)COc1ccc2c(c1)C1C(C(=O)O)=C(C)[C@@H]2c2cc(ccc21)OCc1ccc(cc1)CO4. The van der Waals surface area contributed by atoms with Crippen LogP contribution in [-0.4, -0.2) is 22.2 Å². The zero-order chi connectivity index (χ0) is 40.8. The van der Waals surface area contributed by atoms with Crippen molar-refractivity contribution in [1.82, 2.24) is 0 Å². The molecule has 0 amide bonds. The minimum absolute atomic E-state index is 0.0196. The Kier molecular flexibility index (Phi) is 8.27. The maximum Gasteiger partial charge on any atom is 0.336 e. The molecule has 0 fully saturated rings. The molecule has 4 atom stereocenters. The van der Waals surface area contributed by atoms with Crippen molar-refractivity contribution in [2.75, 3.05) is 0 Å². The van der Waals surface area contributed by atoms with Crippen LogP contribution in [0.1, 0.15) is 115 Å². The number of carboxylic acid groups (broad SMARTS) is 2. The Morgan fingerprint density at radius 3 is 1.52 bits per heavy atom. The topological polar surface area (TPSA) is 112 Å². The van der Waals surface area contributed by atoms with Crippen LogP contribution in [0.25, 0.3) is 0 Å². The van der Waals surface area contributed by atoms with Crippen LogP contribution in [-0.2, 0) is 31.2 Å². The van der Waals surface area contributed by atoms with E-state index in [9.17, 15) is 19.8 Å². The maximum atomic E-state index is 12.8. The zero-order valence-electron chi connectivity index (χ0n) is 33.0. The fourth-order valence-electron chi connectivity index (χ4n) is 10.2. The van der Waals surface area contributed by atoms with Crippen LogP contribution >= 0.6 is 0 Å². The van der Waals surface area contributed by atoms with Gasteiger partial charge in [-0.25, -0.2) is 9.59 Å². The van der Waals surface area contributed by atoms with Crippen molar-refractivity contribution in [1.29, 1.82) is 0 Å². The van der Waals surface area contributed by atoms with Crippen molar-refractivity contribution in [3.8, 4) is 23.0 Å². The predicted octanol–water partition coefficient (Wildman–Crippen LogP) is 10.5. The zero-order valence-corrected chi connectivity index (χ0v) is 33.0. The van der Waals surface area contributed by atoms with Gasteiger partial charge >= 0.3 is 11.9 Å². The number of benzene rings is 6. The summed E-state index contributed by atoms with van der Waals surface area (Å²) in [6, 6.07) is 38.0. The highest BCUT2D eigenvalue weighted by molar-refractivity contribution is 5.94. The fourth-order valence-corrected chi connectivity index (χ4v) is 10.2.